The van der Waals surface area contributed by atoms with Gasteiger partial charge in [-0.3, -0.25) is 0 Å². The van der Waals surface area contributed by atoms with E-state index in [9.17, 15) is 9.90 Å². The predicted molar refractivity (Wildman–Crippen MR) is 117 cm³/mol. The molecule has 1 N–H and O–H groups in total. The highest BCUT2D eigenvalue weighted by Crippen LogP contribution is 2.38. The summed E-state index contributed by atoms with van der Waals surface area (Å²) in [5, 5.41) is 9.42. The molecule has 0 spiro atoms. The van der Waals surface area contributed by atoms with Gasteiger partial charge >= 0.3 is 6.09 Å². The molecule has 0 aliphatic carbocycles. The maximum absolute atomic E-state index is 11.5. The molecule has 2 aromatic carbocycles. The van der Waals surface area contributed by atoms with E-state index in [0.29, 0.717) is 13.1 Å². The van der Waals surface area contributed by atoms with Gasteiger partial charge in [-0.1, -0.05) is 56.8 Å². The van der Waals surface area contributed by atoms with Gasteiger partial charge in [0.25, 0.3) is 0 Å². The lowest BCUT2D eigenvalue weighted by Gasteiger charge is -2.44. The lowest BCUT2D eigenvalue weighted by Crippen LogP contribution is -2.58. The van der Waals surface area contributed by atoms with Crippen LogP contribution in [0.2, 0.25) is 0 Å². The highest BCUT2D eigenvalue weighted by molar-refractivity contribution is 7.99. The van der Waals surface area contributed by atoms with E-state index in [4.69, 9.17) is 0 Å². The van der Waals surface area contributed by atoms with E-state index in [2.05, 4.69) is 81.1 Å². The smallest absolute Gasteiger partial charge is 0.407 e. The van der Waals surface area contributed by atoms with Crippen LogP contribution in [0.4, 0.5) is 10.5 Å². The Balaban J connectivity index is 1.83. The van der Waals surface area contributed by atoms with Crippen LogP contribution in [0.1, 0.15) is 40.2 Å². The van der Waals surface area contributed by atoms with Crippen LogP contribution in [0, 0.1) is 0 Å². The van der Waals surface area contributed by atoms with Crippen molar-refractivity contribution in [3.63, 3.8) is 0 Å². The van der Waals surface area contributed by atoms with E-state index in [1.165, 1.54) is 21.0 Å². The first-order valence-electron chi connectivity index (χ1n) is 9.80. The molecule has 1 fully saturated rings. The molecule has 3 rings (SSSR count). The van der Waals surface area contributed by atoms with Gasteiger partial charge in [0.2, 0.25) is 0 Å². The summed E-state index contributed by atoms with van der Waals surface area (Å²) in [6.07, 6.45) is -0.833. The molecular weight excluding hydrogens is 368 g/mol. The van der Waals surface area contributed by atoms with E-state index in [1.807, 2.05) is 6.92 Å². The Hall–Kier alpha value is -2.14. The van der Waals surface area contributed by atoms with Gasteiger partial charge in [0.1, 0.15) is 0 Å². The maximum atomic E-state index is 11.5. The van der Waals surface area contributed by atoms with Crippen LogP contribution in [0.25, 0.3) is 0 Å². The van der Waals surface area contributed by atoms with E-state index in [1.54, 1.807) is 16.7 Å². The summed E-state index contributed by atoms with van der Waals surface area (Å²) in [6, 6.07) is 17.3. The second-order valence-electron chi connectivity index (χ2n) is 8.63. The summed E-state index contributed by atoms with van der Waals surface area (Å²) >= 11 is 1.77. The zero-order valence-corrected chi connectivity index (χ0v) is 18.2. The number of nitrogens with zero attached hydrogens (tertiary/aromatic N) is 2. The standard InChI is InChI=1S/C23H30N2O2S/c1-16-15-25(22(26)27)17(2)14-24(16)20-8-6-7-9-21(20)28-19-12-10-18(11-13-19)23(3,4)5/h6-13,16-17H,14-15H2,1-5H3,(H,26,27). The molecule has 1 heterocycles. The number of carboxylic acid groups (broad SMARTS) is 1. The van der Waals surface area contributed by atoms with Crippen molar-refractivity contribution in [2.45, 2.75) is 61.9 Å². The zero-order chi connectivity index (χ0) is 20.5. The number of carbonyl (C=O) groups is 1. The highest BCUT2D eigenvalue weighted by atomic mass is 32.2. The molecule has 150 valence electrons. The number of anilines is 1. The van der Waals surface area contributed by atoms with Crippen LogP contribution in [0.15, 0.2) is 58.3 Å². The first-order chi connectivity index (χ1) is 13.2. The van der Waals surface area contributed by atoms with Crippen LogP contribution >= 0.6 is 11.8 Å². The van der Waals surface area contributed by atoms with Crippen molar-refractivity contribution >= 4 is 23.5 Å². The fraction of sp³-hybridized carbons (Fsp3) is 0.435. The summed E-state index contributed by atoms with van der Waals surface area (Å²) in [6.45, 7) is 12.0. The van der Waals surface area contributed by atoms with E-state index >= 15 is 0 Å². The molecule has 0 aromatic heterocycles. The van der Waals surface area contributed by atoms with Crippen molar-refractivity contribution < 1.29 is 9.90 Å². The van der Waals surface area contributed by atoms with Gasteiger partial charge in [-0.2, -0.15) is 0 Å². The number of hydrogen-bond donors (Lipinski definition) is 1. The van der Waals surface area contributed by atoms with Crippen molar-refractivity contribution in [3.05, 3.63) is 54.1 Å². The Morgan fingerprint density at radius 3 is 2.25 bits per heavy atom. The molecule has 2 aromatic rings. The number of rotatable bonds is 3. The molecule has 1 aliphatic heterocycles. The molecule has 0 bridgehead atoms. The summed E-state index contributed by atoms with van der Waals surface area (Å²) in [4.78, 5) is 17.8. The summed E-state index contributed by atoms with van der Waals surface area (Å²) in [5.74, 6) is 0. The van der Waals surface area contributed by atoms with Gasteiger partial charge in [0.05, 0.1) is 5.69 Å². The Morgan fingerprint density at radius 2 is 1.64 bits per heavy atom. The minimum absolute atomic E-state index is 0.0298. The van der Waals surface area contributed by atoms with Gasteiger partial charge in [-0.05, 0) is 49.1 Å². The lowest BCUT2D eigenvalue weighted by molar-refractivity contribution is 0.114. The summed E-state index contributed by atoms with van der Waals surface area (Å²) < 4.78 is 0. The maximum Gasteiger partial charge on any atom is 0.407 e. The Bertz CT molecular complexity index is 829. The zero-order valence-electron chi connectivity index (χ0n) is 17.3. The molecule has 5 heteroatoms. The van der Waals surface area contributed by atoms with Gasteiger partial charge in [-0.25, -0.2) is 4.79 Å². The summed E-state index contributed by atoms with van der Waals surface area (Å²) in [7, 11) is 0. The molecule has 1 amide bonds. The third kappa shape index (κ3) is 4.46. The fourth-order valence-electron chi connectivity index (χ4n) is 3.66. The summed E-state index contributed by atoms with van der Waals surface area (Å²) in [5.41, 5.74) is 2.66. The van der Waals surface area contributed by atoms with Gasteiger partial charge < -0.3 is 14.9 Å². The van der Waals surface area contributed by atoms with E-state index < -0.39 is 6.09 Å². The molecule has 1 aliphatic rings. The number of piperazine rings is 1. The van der Waals surface area contributed by atoms with Crippen LogP contribution < -0.4 is 4.90 Å². The van der Waals surface area contributed by atoms with E-state index in [-0.39, 0.29) is 17.5 Å². The highest BCUT2D eigenvalue weighted by Gasteiger charge is 2.32. The fourth-order valence-corrected chi connectivity index (χ4v) is 4.62. The van der Waals surface area contributed by atoms with Crippen LogP contribution in [0.3, 0.4) is 0 Å². The topological polar surface area (TPSA) is 43.8 Å². The number of benzene rings is 2. The Morgan fingerprint density at radius 1 is 1.00 bits per heavy atom. The Kier molecular flexibility index (Phi) is 5.94. The van der Waals surface area contributed by atoms with Crippen LogP contribution in [-0.4, -0.2) is 41.3 Å². The molecule has 2 unspecified atom stereocenters. The quantitative estimate of drug-likeness (QED) is 0.719. The first-order valence-corrected chi connectivity index (χ1v) is 10.6. The average molecular weight is 399 g/mol. The third-order valence-electron chi connectivity index (χ3n) is 5.35. The van der Waals surface area contributed by atoms with Crippen molar-refractivity contribution in [1.29, 1.82) is 0 Å². The van der Waals surface area contributed by atoms with Gasteiger partial charge in [0, 0.05) is 35.0 Å². The molecule has 1 saturated heterocycles. The molecule has 28 heavy (non-hydrogen) atoms. The monoisotopic (exact) mass is 398 g/mol. The third-order valence-corrected chi connectivity index (χ3v) is 6.43. The van der Waals surface area contributed by atoms with Crippen molar-refractivity contribution in [3.8, 4) is 0 Å². The molecular formula is C23H30N2O2S. The van der Waals surface area contributed by atoms with Crippen LogP contribution in [-0.2, 0) is 5.41 Å². The second kappa shape index (κ2) is 8.08. The predicted octanol–water partition coefficient (Wildman–Crippen LogP) is 5.71. The largest absolute Gasteiger partial charge is 0.465 e. The van der Waals surface area contributed by atoms with Crippen molar-refractivity contribution in [1.82, 2.24) is 4.90 Å². The first kappa shape index (κ1) is 20.6. The normalized spacial score (nSPS) is 20.3. The Labute approximate surface area is 172 Å². The lowest BCUT2D eigenvalue weighted by atomic mass is 9.87. The number of para-hydroxylation sites is 1. The van der Waals surface area contributed by atoms with Gasteiger partial charge in [0.15, 0.2) is 0 Å². The molecule has 2 atom stereocenters. The minimum Gasteiger partial charge on any atom is -0.465 e. The average Bonchev–Trinajstić information content (AvgIpc) is 2.63. The van der Waals surface area contributed by atoms with Crippen molar-refractivity contribution in [2.75, 3.05) is 18.0 Å². The molecule has 4 nitrogen and oxygen atoms in total. The number of amides is 1. The van der Waals surface area contributed by atoms with E-state index in [0.717, 1.165) is 0 Å². The van der Waals surface area contributed by atoms with Crippen LogP contribution in [0.5, 0.6) is 0 Å². The SMILES string of the molecule is CC1CN(c2ccccc2Sc2ccc(C(C)(C)C)cc2)C(C)CN1C(=O)O. The molecule has 0 saturated carbocycles. The minimum atomic E-state index is -0.833. The molecule has 0 radical (unpaired) electrons. The number of hydrogen-bond acceptors (Lipinski definition) is 3. The second-order valence-corrected chi connectivity index (χ2v) is 9.74. The van der Waals surface area contributed by atoms with Crippen molar-refractivity contribution in [2.24, 2.45) is 0 Å². The van der Waals surface area contributed by atoms with Gasteiger partial charge in [-0.15, -0.1) is 0 Å².